The lowest BCUT2D eigenvalue weighted by Crippen LogP contribution is -2.51. The van der Waals surface area contributed by atoms with Gasteiger partial charge in [-0.15, -0.1) is 12.4 Å². The summed E-state index contributed by atoms with van der Waals surface area (Å²) in [6.07, 6.45) is 4.71. The Balaban J connectivity index is 0.00000220. The first-order valence-electron chi connectivity index (χ1n) is 7.37. The second-order valence-corrected chi connectivity index (χ2v) is 5.53. The average Bonchev–Trinajstić information content (AvgIpc) is 2.94. The molecule has 1 aliphatic rings. The molecule has 0 aliphatic heterocycles. The zero-order valence-electron chi connectivity index (χ0n) is 12.3. The van der Waals surface area contributed by atoms with Gasteiger partial charge in [-0.05, 0) is 18.4 Å². The van der Waals surface area contributed by atoms with Crippen LogP contribution in [0.25, 0.3) is 0 Å². The van der Waals surface area contributed by atoms with Gasteiger partial charge in [-0.3, -0.25) is 4.79 Å². The number of hydrogen-bond donors (Lipinski definition) is 2. The van der Waals surface area contributed by atoms with E-state index in [1.807, 2.05) is 30.3 Å². The van der Waals surface area contributed by atoms with Crippen molar-refractivity contribution in [2.75, 3.05) is 13.2 Å². The Morgan fingerprint density at radius 2 is 1.90 bits per heavy atom. The van der Waals surface area contributed by atoms with Crippen molar-refractivity contribution in [1.29, 1.82) is 0 Å². The maximum Gasteiger partial charge on any atom is 0.222 e. The maximum atomic E-state index is 11.9. The highest BCUT2D eigenvalue weighted by atomic mass is 35.5. The summed E-state index contributed by atoms with van der Waals surface area (Å²) in [5, 5.41) is 3.10. The van der Waals surface area contributed by atoms with Crippen molar-refractivity contribution in [3.8, 4) is 0 Å². The van der Waals surface area contributed by atoms with E-state index in [1.165, 1.54) is 0 Å². The first-order valence-corrected chi connectivity index (χ1v) is 7.37. The maximum absolute atomic E-state index is 11.9. The highest BCUT2D eigenvalue weighted by Gasteiger charge is 2.33. The monoisotopic (exact) mass is 312 g/mol. The molecule has 1 amide bonds. The van der Waals surface area contributed by atoms with Crippen molar-refractivity contribution in [2.24, 2.45) is 5.73 Å². The molecule has 1 saturated carbocycles. The molecular formula is C16H25ClN2O2. The van der Waals surface area contributed by atoms with Crippen LogP contribution < -0.4 is 11.1 Å². The van der Waals surface area contributed by atoms with Crippen molar-refractivity contribution in [3.05, 3.63) is 35.9 Å². The van der Waals surface area contributed by atoms with Crippen LogP contribution in [0.3, 0.4) is 0 Å². The lowest BCUT2D eigenvalue weighted by molar-refractivity contribution is -0.124. The summed E-state index contributed by atoms with van der Waals surface area (Å²) in [5.41, 5.74) is 6.77. The van der Waals surface area contributed by atoms with E-state index in [-0.39, 0.29) is 23.9 Å². The van der Waals surface area contributed by atoms with Gasteiger partial charge in [0.25, 0.3) is 0 Å². The van der Waals surface area contributed by atoms with E-state index in [2.05, 4.69) is 5.32 Å². The topological polar surface area (TPSA) is 64.3 Å². The lowest BCUT2D eigenvalue weighted by Gasteiger charge is -2.28. The van der Waals surface area contributed by atoms with Crippen LogP contribution in [0.1, 0.15) is 37.7 Å². The highest BCUT2D eigenvalue weighted by Crippen LogP contribution is 2.28. The number of carbonyl (C=O) groups is 1. The highest BCUT2D eigenvalue weighted by molar-refractivity contribution is 5.85. The summed E-state index contributed by atoms with van der Waals surface area (Å²) >= 11 is 0. The molecular weight excluding hydrogens is 288 g/mol. The van der Waals surface area contributed by atoms with Gasteiger partial charge in [-0.1, -0.05) is 43.2 Å². The van der Waals surface area contributed by atoms with Crippen molar-refractivity contribution in [2.45, 2.75) is 44.2 Å². The molecule has 0 aromatic heterocycles. The summed E-state index contributed by atoms with van der Waals surface area (Å²) in [6, 6.07) is 9.97. The first kappa shape index (κ1) is 18.0. The molecule has 4 nitrogen and oxygen atoms in total. The molecule has 5 heteroatoms. The van der Waals surface area contributed by atoms with Crippen molar-refractivity contribution < 1.29 is 9.53 Å². The molecule has 1 aliphatic carbocycles. The van der Waals surface area contributed by atoms with Gasteiger partial charge < -0.3 is 15.8 Å². The number of amides is 1. The number of hydrogen-bond acceptors (Lipinski definition) is 3. The SMILES string of the molecule is Cl.NCC1(NC(=O)CCOCc2ccccc2)CCCC1. The molecule has 0 heterocycles. The summed E-state index contributed by atoms with van der Waals surface area (Å²) in [6.45, 7) is 1.53. The standard InChI is InChI=1S/C16H24N2O2.ClH/c17-13-16(9-4-5-10-16)18-15(19)8-11-20-12-14-6-2-1-3-7-14;/h1-3,6-7H,4-5,8-13,17H2,(H,18,19);1H. The van der Waals surface area contributed by atoms with Gasteiger partial charge in [0.1, 0.15) is 0 Å². The van der Waals surface area contributed by atoms with Gasteiger partial charge in [0.05, 0.1) is 18.8 Å². The van der Waals surface area contributed by atoms with Crippen LogP contribution in [0.15, 0.2) is 30.3 Å². The second kappa shape index (κ2) is 9.03. The molecule has 1 aromatic rings. The fourth-order valence-corrected chi connectivity index (χ4v) is 2.72. The predicted octanol–water partition coefficient (Wildman–Crippen LogP) is 2.40. The summed E-state index contributed by atoms with van der Waals surface area (Å²) in [4.78, 5) is 11.9. The first-order chi connectivity index (χ1) is 9.74. The normalized spacial score (nSPS) is 16.2. The van der Waals surface area contributed by atoms with Gasteiger partial charge in [0.15, 0.2) is 0 Å². The third-order valence-electron chi connectivity index (χ3n) is 3.94. The molecule has 0 spiro atoms. The molecule has 2 rings (SSSR count). The number of ether oxygens (including phenoxy) is 1. The Labute approximate surface area is 132 Å². The number of rotatable bonds is 7. The number of nitrogens with one attached hydrogen (secondary N) is 1. The van der Waals surface area contributed by atoms with E-state index in [0.29, 0.717) is 26.2 Å². The van der Waals surface area contributed by atoms with Crippen LogP contribution >= 0.6 is 12.4 Å². The molecule has 1 fully saturated rings. The Kier molecular flexibility index (Phi) is 7.72. The zero-order chi connectivity index (χ0) is 14.3. The van der Waals surface area contributed by atoms with E-state index in [4.69, 9.17) is 10.5 Å². The summed E-state index contributed by atoms with van der Waals surface area (Å²) in [7, 11) is 0. The van der Waals surface area contributed by atoms with Crippen LogP contribution in [0, 0.1) is 0 Å². The van der Waals surface area contributed by atoms with Crippen molar-refractivity contribution in [3.63, 3.8) is 0 Å². The molecule has 0 saturated heterocycles. The van der Waals surface area contributed by atoms with Gasteiger partial charge >= 0.3 is 0 Å². The van der Waals surface area contributed by atoms with Crippen LogP contribution in [0.2, 0.25) is 0 Å². The minimum absolute atomic E-state index is 0. The molecule has 0 radical (unpaired) electrons. The molecule has 118 valence electrons. The van der Waals surface area contributed by atoms with Crippen LogP contribution in [0.5, 0.6) is 0 Å². The van der Waals surface area contributed by atoms with Gasteiger partial charge in [-0.25, -0.2) is 0 Å². The quantitative estimate of drug-likeness (QED) is 0.760. The Hall–Kier alpha value is -1.10. The summed E-state index contributed by atoms with van der Waals surface area (Å²) < 4.78 is 5.53. The average molecular weight is 313 g/mol. The van der Waals surface area contributed by atoms with Crippen LogP contribution in [0.4, 0.5) is 0 Å². The van der Waals surface area contributed by atoms with E-state index in [9.17, 15) is 4.79 Å². The second-order valence-electron chi connectivity index (χ2n) is 5.53. The molecule has 21 heavy (non-hydrogen) atoms. The fraction of sp³-hybridized carbons (Fsp3) is 0.562. The Morgan fingerprint density at radius 3 is 2.52 bits per heavy atom. The zero-order valence-corrected chi connectivity index (χ0v) is 13.2. The van der Waals surface area contributed by atoms with E-state index >= 15 is 0 Å². The minimum Gasteiger partial charge on any atom is -0.376 e. The molecule has 3 N–H and O–H groups in total. The van der Waals surface area contributed by atoms with Gasteiger partial charge in [-0.2, -0.15) is 0 Å². The van der Waals surface area contributed by atoms with E-state index in [0.717, 1.165) is 31.2 Å². The molecule has 1 aromatic carbocycles. The Morgan fingerprint density at radius 1 is 1.24 bits per heavy atom. The van der Waals surface area contributed by atoms with Gasteiger partial charge in [0.2, 0.25) is 5.91 Å². The third-order valence-corrected chi connectivity index (χ3v) is 3.94. The largest absolute Gasteiger partial charge is 0.376 e. The lowest BCUT2D eigenvalue weighted by atomic mass is 9.98. The van der Waals surface area contributed by atoms with Gasteiger partial charge in [0, 0.05) is 13.0 Å². The number of benzene rings is 1. The fourth-order valence-electron chi connectivity index (χ4n) is 2.72. The Bertz CT molecular complexity index is 420. The van der Waals surface area contributed by atoms with Crippen molar-refractivity contribution >= 4 is 18.3 Å². The van der Waals surface area contributed by atoms with E-state index < -0.39 is 0 Å². The number of carbonyl (C=O) groups excluding carboxylic acids is 1. The van der Waals surface area contributed by atoms with E-state index in [1.54, 1.807) is 0 Å². The molecule has 0 unspecified atom stereocenters. The van der Waals surface area contributed by atoms with Crippen LogP contribution in [-0.2, 0) is 16.1 Å². The third kappa shape index (κ3) is 5.65. The number of nitrogens with two attached hydrogens (primary N) is 1. The predicted molar refractivity (Wildman–Crippen MR) is 86.4 cm³/mol. The molecule has 0 bridgehead atoms. The minimum atomic E-state index is -0.156. The smallest absolute Gasteiger partial charge is 0.222 e. The number of halogens is 1. The molecule has 0 atom stereocenters. The van der Waals surface area contributed by atoms with Crippen LogP contribution in [-0.4, -0.2) is 24.6 Å². The summed E-state index contributed by atoms with van der Waals surface area (Å²) in [5.74, 6) is 0.0467. The van der Waals surface area contributed by atoms with Crippen molar-refractivity contribution in [1.82, 2.24) is 5.32 Å².